The van der Waals surface area contributed by atoms with Crippen molar-refractivity contribution in [1.29, 1.82) is 0 Å². The van der Waals surface area contributed by atoms with Gasteiger partial charge in [-0.3, -0.25) is 4.79 Å². The summed E-state index contributed by atoms with van der Waals surface area (Å²) in [5.41, 5.74) is 0.784. The van der Waals surface area contributed by atoms with E-state index >= 15 is 0 Å². The number of hydrogen-bond acceptors (Lipinski definition) is 4. The van der Waals surface area contributed by atoms with Crippen LogP contribution >= 0.6 is 15.9 Å². The van der Waals surface area contributed by atoms with Gasteiger partial charge in [-0.15, -0.1) is 0 Å². The van der Waals surface area contributed by atoms with E-state index in [0.717, 1.165) is 10.9 Å². The first-order chi connectivity index (χ1) is 9.38. The van der Waals surface area contributed by atoms with Gasteiger partial charge in [-0.2, -0.15) is 0 Å². The summed E-state index contributed by atoms with van der Waals surface area (Å²) in [6.07, 6.45) is 1.25. The molecule has 0 amide bonds. The smallest absolute Gasteiger partial charge is 0.336 e. The number of carbonyl (C=O) groups excluding carboxylic acids is 1. The summed E-state index contributed by atoms with van der Waals surface area (Å²) >= 11 is 3.30. The Hall–Kier alpha value is -1.62. The second-order valence-corrected chi connectivity index (χ2v) is 5.18. The number of benzene rings is 1. The van der Waals surface area contributed by atoms with Crippen LogP contribution in [0, 0.1) is 6.92 Å². The lowest BCUT2D eigenvalue weighted by Gasteiger charge is -2.06. The molecule has 0 aliphatic rings. The zero-order valence-corrected chi connectivity index (χ0v) is 13.5. The first kappa shape index (κ1) is 16.4. The molecule has 0 aliphatic heterocycles. The second-order valence-electron chi connectivity index (χ2n) is 4.33. The Kier molecular flexibility index (Phi) is 5.95. The number of ether oxygens (including phenoxy) is 1. The summed E-state index contributed by atoms with van der Waals surface area (Å²) in [5, 5.41) is 0.798. The van der Waals surface area contributed by atoms with Gasteiger partial charge in [-0.05, 0) is 34.5 Å². The lowest BCUT2D eigenvalue weighted by molar-refractivity contribution is -0.131. The van der Waals surface area contributed by atoms with Gasteiger partial charge in [0.1, 0.15) is 11.3 Å². The molecular formula is C15H17BrO4. The summed E-state index contributed by atoms with van der Waals surface area (Å²) in [7, 11) is 0. The predicted molar refractivity (Wildman–Crippen MR) is 82.2 cm³/mol. The van der Waals surface area contributed by atoms with E-state index in [1.165, 1.54) is 25.5 Å². The molecule has 0 saturated carbocycles. The van der Waals surface area contributed by atoms with Crippen LogP contribution in [-0.2, 0) is 4.79 Å². The van der Waals surface area contributed by atoms with Crippen molar-refractivity contribution in [2.75, 3.05) is 0 Å². The highest BCUT2D eigenvalue weighted by molar-refractivity contribution is 9.10. The van der Waals surface area contributed by atoms with Crippen molar-refractivity contribution >= 4 is 32.9 Å². The predicted octanol–water partition coefficient (Wildman–Crippen LogP) is 4.21. The van der Waals surface area contributed by atoms with Crippen LogP contribution in [0.25, 0.3) is 11.0 Å². The van der Waals surface area contributed by atoms with Gasteiger partial charge in [0.05, 0.1) is 4.47 Å². The van der Waals surface area contributed by atoms with Gasteiger partial charge in [0.2, 0.25) is 0 Å². The van der Waals surface area contributed by atoms with E-state index in [2.05, 4.69) is 29.8 Å². The Balaban J connectivity index is 0.000000612. The van der Waals surface area contributed by atoms with E-state index in [-0.39, 0.29) is 0 Å². The average molecular weight is 341 g/mol. The van der Waals surface area contributed by atoms with E-state index in [4.69, 9.17) is 9.15 Å². The van der Waals surface area contributed by atoms with Crippen molar-refractivity contribution in [3.63, 3.8) is 0 Å². The Morgan fingerprint density at radius 2 is 1.90 bits per heavy atom. The number of hydrogen-bond donors (Lipinski definition) is 0. The zero-order chi connectivity index (χ0) is 15.3. The molecular weight excluding hydrogens is 324 g/mol. The molecule has 1 aromatic heterocycles. The van der Waals surface area contributed by atoms with E-state index in [9.17, 15) is 9.59 Å². The quantitative estimate of drug-likeness (QED) is 0.443. The maximum Gasteiger partial charge on any atom is 0.336 e. The molecule has 2 aromatic rings. The molecule has 5 heteroatoms. The molecule has 0 atom stereocenters. The van der Waals surface area contributed by atoms with Crippen molar-refractivity contribution in [2.45, 2.75) is 34.1 Å². The molecule has 4 nitrogen and oxygen atoms in total. The van der Waals surface area contributed by atoms with Crippen LogP contribution in [0.1, 0.15) is 32.8 Å². The Morgan fingerprint density at radius 3 is 2.45 bits per heavy atom. The number of fused-ring (bicyclic) bond motifs is 1. The molecule has 0 spiro atoms. The standard InChI is InChI=1S/C12H9BrO4.C3H8/c1-6-3-12(15)17-10-5-11(16-7(2)14)9(13)4-8(6)10;1-3-2/h3-5H,1-2H3;3H2,1-2H3. The van der Waals surface area contributed by atoms with Gasteiger partial charge in [-0.1, -0.05) is 20.3 Å². The van der Waals surface area contributed by atoms with E-state index < -0.39 is 11.6 Å². The summed E-state index contributed by atoms with van der Waals surface area (Å²) in [6.45, 7) is 7.38. The number of aryl methyl sites for hydroxylation is 1. The van der Waals surface area contributed by atoms with Crippen LogP contribution < -0.4 is 10.4 Å². The second kappa shape index (κ2) is 7.24. The minimum Gasteiger partial charge on any atom is -0.425 e. The summed E-state index contributed by atoms with van der Waals surface area (Å²) in [5.74, 6) is -0.0983. The summed E-state index contributed by atoms with van der Waals surface area (Å²) in [6, 6.07) is 4.70. The van der Waals surface area contributed by atoms with Crippen LogP contribution in [0.3, 0.4) is 0 Å². The highest BCUT2D eigenvalue weighted by Crippen LogP contribution is 2.31. The van der Waals surface area contributed by atoms with Gasteiger partial charge in [0.15, 0.2) is 0 Å². The monoisotopic (exact) mass is 340 g/mol. The third-order valence-electron chi connectivity index (χ3n) is 2.26. The Morgan fingerprint density at radius 1 is 1.30 bits per heavy atom. The lowest BCUT2D eigenvalue weighted by Crippen LogP contribution is -2.03. The highest BCUT2D eigenvalue weighted by Gasteiger charge is 2.10. The molecule has 0 radical (unpaired) electrons. The zero-order valence-electron chi connectivity index (χ0n) is 12.0. The number of esters is 1. The molecule has 0 aliphatic carbocycles. The molecule has 0 fully saturated rings. The number of carbonyl (C=O) groups is 1. The summed E-state index contributed by atoms with van der Waals surface area (Å²) < 4.78 is 10.7. The number of rotatable bonds is 1. The van der Waals surface area contributed by atoms with Crippen molar-refractivity contribution in [2.24, 2.45) is 0 Å². The largest absolute Gasteiger partial charge is 0.425 e. The van der Waals surface area contributed by atoms with Gasteiger partial charge in [0, 0.05) is 24.4 Å². The van der Waals surface area contributed by atoms with Crippen LogP contribution in [0.2, 0.25) is 0 Å². The van der Waals surface area contributed by atoms with Gasteiger partial charge >= 0.3 is 11.6 Å². The van der Waals surface area contributed by atoms with Gasteiger partial charge in [0.25, 0.3) is 0 Å². The Bertz CT molecular complexity index is 673. The fourth-order valence-corrected chi connectivity index (χ4v) is 1.98. The average Bonchev–Trinajstić information content (AvgIpc) is 2.31. The maximum absolute atomic E-state index is 11.2. The minimum atomic E-state index is -0.431. The van der Waals surface area contributed by atoms with Gasteiger partial charge < -0.3 is 9.15 Å². The molecule has 1 aromatic carbocycles. The van der Waals surface area contributed by atoms with E-state index in [1.54, 1.807) is 6.07 Å². The van der Waals surface area contributed by atoms with Crippen molar-refractivity contribution in [3.8, 4) is 5.75 Å². The van der Waals surface area contributed by atoms with Crippen LogP contribution in [0.15, 0.2) is 31.9 Å². The van der Waals surface area contributed by atoms with Crippen molar-refractivity contribution in [3.05, 3.63) is 38.7 Å². The highest BCUT2D eigenvalue weighted by atomic mass is 79.9. The summed E-state index contributed by atoms with van der Waals surface area (Å²) in [4.78, 5) is 22.1. The maximum atomic E-state index is 11.2. The normalized spacial score (nSPS) is 9.85. The first-order valence-electron chi connectivity index (χ1n) is 6.31. The van der Waals surface area contributed by atoms with Crippen molar-refractivity contribution < 1.29 is 13.9 Å². The molecule has 2 rings (SSSR count). The van der Waals surface area contributed by atoms with E-state index in [1.807, 2.05) is 6.92 Å². The van der Waals surface area contributed by atoms with Crippen molar-refractivity contribution in [1.82, 2.24) is 0 Å². The third kappa shape index (κ3) is 4.20. The third-order valence-corrected chi connectivity index (χ3v) is 2.88. The molecule has 1 heterocycles. The topological polar surface area (TPSA) is 56.5 Å². The lowest BCUT2D eigenvalue weighted by atomic mass is 10.1. The van der Waals surface area contributed by atoms with Crippen LogP contribution in [0.4, 0.5) is 0 Å². The first-order valence-corrected chi connectivity index (χ1v) is 7.10. The molecule has 0 unspecified atom stereocenters. The molecule has 20 heavy (non-hydrogen) atoms. The molecule has 108 valence electrons. The fourth-order valence-electron chi connectivity index (χ4n) is 1.55. The van der Waals surface area contributed by atoms with Gasteiger partial charge in [-0.25, -0.2) is 4.79 Å². The molecule has 0 saturated heterocycles. The van der Waals surface area contributed by atoms with E-state index in [0.29, 0.717) is 15.8 Å². The SMILES string of the molecule is CC(=O)Oc1cc2oc(=O)cc(C)c2cc1Br.CCC. The fraction of sp³-hybridized carbons (Fsp3) is 0.333. The van der Waals surface area contributed by atoms with Crippen LogP contribution in [0.5, 0.6) is 5.75 Å². The van der Waals surface area contributed by atoms with Crippen LogP contribution in [-0.4, -0.2) is 5.97 Å². The Labute approximate surface area is 125 Å². The minimum absolute atomic E-state index is 0.332. The molecule has 0 N–H and O–H groups in total. The number of halogens is 1. The molecule has 0 bridgehead atoms.